The predicted octanol–water partition coefficient (Wildman–Crippen LogP) is 2.97. The standard InChI is InChI=1S/C15H20ClN3O2/c1-3-15(4-2,14(20)21)10-17-7-12-8-18-13-6-5-11(16)9-19(12)13/h5-6,8-9,17H,3-4,7,10H2,1-2H3,(H,20,21). The molecule has 0 unspecified atom stereocenters. The third kappa shape index (κ3) is 3.19. The fourth-order valence-corrected chi connectivity index (χ4v) is 2.60. The Bertz CT molecular complexity index is 635. The van der Waals surface area contributed by atoms with Crippen molar-refractivity contribution in [2.45, 2.75) is 33.2 Å². The van der Waals surface area contributed by atoms with Crippen molar-refractivity contribution in [3.05, 3.63) is 35.2 Å². The molecule has 0 radical (unpaired) electrons. The molecule has 0 amide bonds. The number of imidazole rings is 1. The van der Waals surface area contributed by atoms with Gasteiger partial charge in [-0.2, -0.15) is 0 Å². The monoisotopic (exact) mass is 309 g/mol. The van der Waals surface area contributed by atoms with Gasteiger partial charge in [0.2, 0.25) is 0 Å². The van der Waals surface area contributed by atoms with E-state index in [-0.39, 0.29) is 0 Å². The predicted molar refractivity (Wildman–Crippen MR) is 82.6 cm³/mol. The lowest BCUT2D eigenvalue weighted by atomic mass is 9.82. The fourth-order valence-electron chi connectivity index (χ4n) is 2.44. The van der Waals surface area contributed by atoms with Gasteiger partial charge in [-0.15, -0.1) is 0 Å². The molecule has 0 saturated heterocycles. The number of pyridine rings is 1. The van der Waals surface area contributed by atoms with Gasteiger partial charge in [-0.1, -0.05) is 25.4 Å². The van der Waals surface area contributed by atoms with Crippen LogP contribution in [0, 0.1) is 5.41 Å². The van der Waals surface area contributed by atoms with E-state index in [1.54, 1.807) is 12.3 Å². The van der Waals surface area contributed by atoms with Gasteiger partial charge in [0.05, 0.1) is 22.3 Å². The summed E-state index contributed by atoms with van der Waals surface area (Å²) in [6, 6.07) is 3.65. The van der Waals surface area contributed by atoms with E-state index in [9.17, 15) is 9.90 Å². The molecular formula is C15H20ClN3O2. The molecule has 0 atom stereocenters. The van der Waals surface area contributed by atoms with Gasteiger partial charge >= 0.3 is 5.97 Å². The lowest BCUT2D eigenvalue weighted by Crippen LogP contribution is -2.40. The van der Waals surface area contributed by atoms with Crippen molar-refractivity contribution < 1.29 is 9.90 Å². The molecule has 2 aromatic heterocycles. The van der Waals surface area contributed by atoms with E-state index >= 15 is 0 Å². The zero-order valence-corrected chi connectivity index (χ0v) is 13.0. The number of carbonyl (C=O) groups is 1. The first kappa shape index (κ1) is 15.8. The summed E-state index contributed by atoms with van der Waals surface area (Å²) in [6.45, 7) is 4.81. The molecule has 0 saturated carbocycles. The minimum atomic E-state index is -0.749. The molecule has 2 aromatic rings. The molecule has 0 aromatic carbocycles. The summed E-state index contributed by atoms with van der Waals surface area (Å²) in [6.07, 6.45) is 4.79. The van der Waals surface area contributed by atoms with E-state index in [0.29, 0.717) is 31.0 Å². The van der Waals surface area contributed by atoms with Gasteiger partial charge < -0.3 is 14.8 Å². The van der Waals surface area contributed by atoms with Crippen LogP contribution >= 0.6 is 11.6 Å². The molecule has 0 fully saturated rings. The topological polar surface area (TPSA) is 66.6 Å². The Balaban J connectivity index is 2.08. The summed E-state index contributed by atoms with van der Waals surface area (Å²) in [4.78, 5) is 15.8. The number of hydrogen-bond donors (Lipinski definition) is 2. The number of carboxylic acids is 1. The van der Waals surface area contributed by atoms with Gasteiger partial charge in [-0.05, 0) is 25.0 Å². The van der Waals surface area contributed by atoms with Crippen molar-refractivity contribution in [3.8, 4) is 0 Å². The Morgan fingerprint density at radius 2 is 2.14 bits per heavy atom. The third-order valence-corrected chi connectivity index (χ3v) is 4.35. The van der Waals surface area contributed by atoms with Crippen LogP contribution in [0.15, 0.2) is 24.5 Å². The normalized spacial score (nSPS) is 12.0. The van der Waals surface area contributed by atoms with Crippen molar-refractivity contribution in [2.24, 2.45) is 5.41 Å². The van der Waals surface area contributed by atoms with Gasteiger partial charge in [0, 0.05) is 19.3 Å². The SMILES string of the molecule is CCC(CC)(CNCc1cnc2ccc(Cl)cn12)C(=O)O. The second kappa shape index (κ2) is 6.45. The van der Waals surface area contributed by atoms with Crippen LogP contribution in [-0.4, -0.2) is 27.0 Å². The molecule has 2 N–H and O–H groups in total. The summed E-state index contributed by atoms with van der Waals surface area (Å²) in [7, 11) is 0. The largest absolute Gasteiger partial charge is 0.481 e. The molecule has 0 aliphatic heterocycles. The second-order valence-electron chi connectivity index (χ2n) is 5.22. The Morgan fingerprint density at radius 1 is 1.43 bits per heavy atom. The van der Waals surface area contributed by atoms with Crippen LogP contribution < -0.4 is 5.32 Å². The Morgan fingerprint density at radius 3 is 2.76 bits per heavy atom. The average molecular weight is 310 g/mol. The molecule has 0 aliphatic rings. The number of aliphatic carboxylic acids is 1. The van der Waals surface area contributed by atoms with E-state index in [1.807, 2.05) is 30.5 Å². The number of aromatic nitrogens is 2. The zero-order chi connectivity index (χ0) is 15.5. The number of rotatable bonds is 7. The molecule has 0 aliphatic carbocycles. The van der Waals surface area contributed by atoms with Gasteiger partial charge in [0.15, 0.2) is 0 Å². The Labute approximate surface area is 128 Å². The summed E-state index contributed by atoms with van der Waals surface area (Å²) in [5.74, 6) is -0.749. The highest BCUT2D eigenvalue weighted by Crippen LogP contribution is 2.25. The second-order valence-corrected chi connectivity index (χ2v) is 5.66. The number of nitrogens with zero attached hydrogens (tertiary/aromatic N) is 2. The van der Waals surface area contributed by atoms with Crippen molar-refractivity contribution in [3.63, 3.8) is 0 Å². The number of hydrogen-bond acceptors (Lipinski definition) is 3. The van der Waals surface area contributed by atoms with Crippen LogP contribution in [0.5, 0.6) is 0 Å². The van der Waals surface area contributed by atoms with Crippen molar-refractivity contribution in [2.75, 3.05) is 6.54 Å². The third-order valence-electron chi connectivity index (χ3n) is 4.12. The van der Waals surface area contributed by atoms with Gasteiger partial charge in [0.1, 0.15) is 5.65 Å². The first-order valence-electron chi connectivity index (χ1n) is 7.08. The van der Waals surface area contributed by atoms with Crippen molar-refractivity contribution in [1.29, 1.82) is 0 Å². The van der Waals surface area contributed by atoms with Gasteiger partial charge in [0.25, 0.3) is 0 Å². The van der Waals surface area contributed by atoms with E-state index in [4.69, 9.17) is 11.6 Å². The molecule has 2 heterocycles. The van der Waals surface area contributed by atoms with Crippen LogP contribution in [0.1, 0.15) is 32.4 Å². The molecular weight excluding hydrogens is 290 g/mol. The number of nitrogens with one attached hydrogen (secondary N) is 1. The maximum atomic E-state index is 11.5. The van der Waals surface area contributed by atoms with Crippen LogP contribution in [0.3, 0.4) is 0 Å². The molecule has 5 nitrogen and oxygen atoms in total. The minimum absolute atomic E-state index is 0.434. The highest BCUT2D eigenvalue weighted by Gasteiger charge is 2.34. The van der Waals surface area contributed by atoms with E-state index in [1.165, 1.54) is 0 Å². The zero-order valence-electron chi connectivity index (χ0n) is 12.3. The Kier molecular flexibility index (Phi) is 4.85. The fraction of sp³-hybridized carbons (Fsp3) is 0.467. The van der Waals surface area contributed by atoms with Crippen molar-refractivity contribution in [1.82, 2.24) is 14.7 Å². The first-order valence-corrected chi connectivity index (χ1v) is 7.46. The number of carboxylic acid groups (broad SMARTS) is 1. The summed E-state index contributed by atoms with van der Waals surface area (Å²) < 4.78 is 1.91. The van der Waals surface area contributed by atoms with E-state index < -0.39 is 11.4 Å². The van der Waals surface area contributed by atoms with Crippen LogP contribution in [0.2, 0.25) is 5.02 Å². The average Bonchev–Trinajstić information content (AvgIpc) is 2.86. The molecule has 2 rings (SSSR count). The number of fused-ring (bicyclic) bond motifs is 1. The Hall–Kier alpha value is -1.59. The van der Waals surface area contributed by atoms with E-state index in [2.05, 4.69) is 10.3 Å². The summed E-state index contributed by atoms with van der Waals surface area (Å²) >= 11 is 5.99. The maximum absolute atomic E-state index is 11.5. The molecule has 6 heteroatoms. The summed E-state index contributed by atoms with van der Waals surface area (Å²) in [5, 5.41) is 13.3. The minimum Gasteiger partial charge on any atom is -0.481 e. The van der Waals surface area contributed by atoms with Gasteiger partial charge in [-0.25, -0.2) is 4.98 Å². The first-order chi connectivity index (χ1) is 10.0. The lowest BCUT2D eigenvalue weighted by Gasteiger charge is -2.26. The van der Waals surface area contributed by atoms with Crippen molar-refractivity contribution >= 4 is 23.2 Å². The lowest BCUT2D eigenvalue weighted by molar-refractivity contribution is -0.149. The highest BCUT2D eigenvalue weighted by molar-refractivity contribution is 6.30. The number of halogens is 1. The summed E-state index contributed by atoms with van der Waals surface area (Å²) in [5.41, 5.74) is 1.07. The molecule has 0 bridgehead atoms. The quantitative estimate of drug-likeness (QED) is 0.825. The van der Waals surface area contributed by atoms with Crippen LogP contribution in [-0.2, 0) is 11.3 Å². The van der Waals surface area contributed by atoms with Crippen LogP contribution in [0.4, 0.5) is 0 Å². The maximum Gasteiger partial charge on any atom is 0.310 e. The smallest absolute Gasteiger partial charge is 0.310 e. The molecule has 114 valence electrons. The van der Waals surface area contributed by atoms with Crippen LogP contribution in [0.25, 0.3) is 5.65 Å². The highest BCUT2D eigenvalue weighted by atomic mass is 35.5. The van der Waals surface area contributed by atoms with E-state index in [0.717, 1.165) is 11.3 Å². The molecule has 21 heavy (non-hydrogen) atoms. The molecule has 0 spiro atoms. The van der Waals surface area contributed by atoms with Gasteiger partial charge in [-0.3, -0.25) is 4.79 Å².